The number of rotatable bonds is 4. The van der Waals surface area contributed by atoms with Gasteiger partial charge < -0.3 is 0 Å². The van der Waals surface area contributed by atoms with E-state index in [1.54, 1.807) is 13.8 Å². The maximum atomic E-state index is 12.9. The Labute approximate surface area is 73.0 Å². The number of carbonyl (C=O) groups is 1. The number of halogens is 1. The maximum Gasteiger partial charge on any atom is 0.142 e. The van der Waals surface area contributed by atoms with E-state index in [0.717, 1.165) is 11.9 Å². The highest BCUT2D eigenvalue weighted by Gasteiger charge is 1.97. The van der Waals surface area contributed by atoms with Gasteiger partial charge in [0.15, 0.2) is 0 Å². The topological polar surface area (TPSA) is 17.1 Å². The van der Waals surface area contributed by atoms with Crippen molar-refractivity contribution >= 4 is 6.29 Å². The molecule has 68 valence electrons. The fourth-order valence-electron chi connectivity index (χ4n) is 0.756. The zero-order chi connectivity index (χ0) is 9.56. The van der Waals surface area contributed by atoms with E-state index in [2.05, 4.69) is 0 Å². The van der Waals surface area contributed by atoms with Crippen LogP contribution in [0.2, 0.25) is 0 Å². The Morgan fingerprint density at radius 3 is 2.25 bits per heavy atom. The minimum Gasteiger partial charge on any atom is -0.299 e. The largest absolute Gasteiger partial charge is 0.299 e. The van der Waals surface area contributed by atoms with Crippen LogP contribution in [0.3, 0.4) is 0 Å². The number of hydrogen-bond donors (Lipinski definition) is 0. The molecule has 0 rings (SSSR count). The Bertz CT molecular complexity index is 210. The van der Waals surface area contributed by atoms with E-state index in [9.17, 15) is 9.18 Å². The summed E-state index contributed by atoms with van der Waals surface area (Å²) in [5.74, 6) is -0.0753. The van der Waals surface area contributed by atoms with Gasteiger partial charge in [-0.1, -0.05) is 5.57 Å². The summed E-state index contributed by atoms with van der Waals surface area (Å²) in [7, 11) is 0. The van der Waals surface area contributed by atoms with Crippen LogP contribution in [0.15, 0.2) is 23.0 Å². The van der Waals surface area contributed by atoms with E-state index < -0.39 is 0 Å². The molecular formula is C10H15FO. The molecule has 1 nitrogen and oxygen atoms in total. The molecule has 0 aromatic carbocycles. The first-order chi connectivity index (χ1) is 5.57. The van der Waals surface area contributed by atoms with Gasteiger partial charge in [0.2, 0.25) is 0 Å². The van der Waals surface area contributed by atoms with Gasteiger partial charge in [0.05, 0.1) is 5.83 Å². The van der Waals surface area contributed by atoms with Crippen molar-refractivity contribution in [1.29, 1.82) is 0 Å². The van der Waals surface area contributed by atoms with Crippen molar-refractivity contribution in [2.24, 2.45) is 0 Å². The molecule has 2 heteroatoms. The molecule has 0 heterocycles. The lowest BCUT2D eigenvalue weighted by Gasteiger charge is -1.99. The molecule has 0 aromatic rings. The molecular weight excluding hydrogens is 155 g/mol. The number of hydrogen-bond acceptors (Lipinski definition) is 1. The van der Waals surface area contributed by atoms with E-state index in [4.69, 9.17) is 0 Å². The van der Waals surface area contributed by atoms with Crippen molar-refractivity contribution < 1.29 is 9.18 Å². The Morgan fingerprint density at radius 2 is 1.83 bits per heavy atom. The van der Waals surface area contributed by atoms with Crippen molar-refractivity contribution in [3.8, 4) is 0 Å². The third-order valence-corrected chi connectivity index (χ3v) is 1.63. The van der Waals surface area contributed by atoms with Crippen molar-refractivity contribution in [3.63, 3.8) is 0 Å². The van der Waals surface area contributed by atoms with Crippen LogP contribution in [0.4, 0.5) is 4.39 Å². The summed E-state index contributed by atoms with van der Waals surface area (Å²) >= 11 is 0. The Balaban J connectivity index is 3.92. The molecule has 0 bridgehead atoms. The Kier molecular flexibility index (Phi) is 5.26. The zero-order valence-electron chi connectivity index (χ0n) is 7.86. The average molecular weight is 170 g/mol. The molecule has 0 amide bonds. The minimum atomic E-state index is -0.0753. The van der Waals surface area contributed by atoms with Gasteiger partial charge in [0, 0.05) is 6.42 Å². The van der Waals surface area contributed by atoms with Gasteiger partial charge in [0.25, 0.3) is 0 Å². The first kappa shape index (κ1) is 11.1. The molecule has 0 aliphatic carbocycles. The van der Waals surface area contributed by atoms with Gasteiger partial charge in [-0.2, -0.15) is 0 Å². The lowest BCUT2D eigenvalue weighted by atomic mass is 10.1. The molecule has 0 unspecified atom stereocenters. The van der Waals surface area contributed by atoms with Gasteiger partial charge in [-0.05, 0) is 38.8 Å². The van der Waals surface area contributed by atoms with E-state index in [0.29, 0.717) is 18.4 Å². The highest BCUT2D eigenvalue weighted by atomic mass is 19.1. The van der Waals surface area contributed by atoms with E-state index in [1.165, 1.54) is 6.08 Å². The second-order valence-corrected chi connectivity index (χ2v) is 3.05. The van der Waals surface area contributed by atoms with E-state index in [1.807, 2.05) is 6.92 Å². The predicted molar refractivity (Wildman–Crippen MR) is 48.5 cm³/mol. The van der Waals surface area contributed by atoms with Crippen LogP contribution in [0, 0.1) is 0 Å². The van der Waals surface area contributed by atoms with E-state index >= 15 is 0 Å². The fourth-order valence-corrected chi connectivity index (χ4v) is 0.756. The minimum absolute atomic E-state index is 0.0753. The van der Waals surface area contributed by atoms with Crippen molar-refractivity contribution in [3.05, 3.63) is 23.0 Å². The van der Waals surface area contributed by atoms with Crippen LogP contribution in [-0.2, 0) is 4.79 Å². The first-order valence-electron chi connectivity index (χ1n) is 4.00. The Morgan fingerprint density at radius 1 is 1.25 bits per heavy atom. The maximum absolute atomic E-state index is 12.9. The SMILES string of the molecule is CC(C)=C(F)CC/C(C)=C/C=O. The zero-order valence-corrected chi connectivity index (χ0v) is 7.86. The summed E-state index contributed by atoms with van der Waals surface area (Å²) in [6.45, 7) is 5.31. The quantitative estimate of drug-likeness (QED) is 0.468. The summed E-state index contributed by atoms with van der Waals surface area (Å²) in [6, 6.07) is 0. The van der Waals surface area contributed by atoms with Crippen LogP contribution in [0.25, 0.3) is 0 Å². The second-order valence-electron chi connectivity index (χ2n) is 3.05. The molecule has 0 saturated heterocycles. The highest BCUT2D eigenvalue weighted by Crippen LogP contribution is 2.15. The summed E-state index contributed by atoms with van der Waals surface area (Å²) in [4.78, 5) is 10.0. The smallest absolute Gasteiger partial charge is 0.142 e. The predicted octanol–water partition coefficient (Wildman–Crippen LogP) is 3.18. The molecule has 0 spiro atoms. The third kappa shape index (κ3) is 4.83. The summed E-state index contributed by atoms with van der Waals surface area (Å²) < 4.78 is 12.9. The second kappa shape index (κ2) is 5.70. The average Bonchev–Trinajstić information content (AvgIpc) is 2.00. The molecule has 0 radical (unpaired) electrons. The van der Waals surface area contributed by atoms with Crippen LogP contribution in [0.5, 0.6) is 0 Å². The third-order valence-electron chi connectivity index (χ3n) is 1.63. The molecule has 0 fully saturated rings. The number of aldehydes is 1. The monoisotopic (exact) mass is 170 g/mol. The standard InChI is InChI=1S/C10H15FO/c1-8(2)10(11)5-4-9(3)6-7-12/h6-7H,4-5H2,1-3H3/b9-6+. The van der Waals surface area contributed by atoms with Crippen LogP contribution in [-0.4, -0.2) is 6.29 Å². The van der Waals surface area contributed by atoms with Gasteiger partial charge in [0.1, 0.15) is 6.29 Å². The van der Waals surface area contributed by atoms with Crippen LogP contribution in [0.1, 0.15) is 33.6 Å². The summed E-state index contributed by atoms with van der Waals surface area (Å²) in [5.41, 5.74) is 1.63. The Hall–Kier alpha value is -0.920. The number of allylic oxidation sites excluding steroid dienone is 4. The fraction of sp³-hybridized carbons (Fsp3) is 0.500. The van der Waals surface area contributed by atoms with Crippen molar-refractivity contribution in [1.82, 2.24) is 0 Å². The van der Waals surface area contributed by atoms with Gasteiger partial charge in [-0.15, -0.1) is 0 Å². The van der Waals surface area contributed by atoms with Gasteiger partial charge in [-0.25, -0.2) is 4.39 Å². The van der Waals surface area contributed by atoms with Crippen LogP contribution >= 0.6 is 0 Å². The molecule has 0 aliphatic rings. The first-order valence-corrected chi connectivity index (χ1v) is 4.00. The molecule has 12 heavy (non-hydrogen) atoms. The lowest BCUT2D eigenvalue weighted by molar-refractivity contribution is -0.104. The van der Waals surface area contributed by atoms with Crippen molar-refractivity contribution in [2.45, 2.75) is 33.6 Å². The van der Waals surface area contributed by atoms with Gasteiger partial charge >= 0.3 is 0 Å². The molecule has 0 aromatic heterocycles. The molecule has 0 N–H and O–H groups in total. The summed E-state index contributed by atoms with van der Waals surface area (Å²) in [6.07, 6.45) is 3.22. The molecule has 0 aliphatic heterocycles. The van der Waals surface area contributed by atoms with Crippen LogP contribution < -0.4 is 0 Å². The normalized spacial score (nSPS) is 11.2. The van der Waals surface area contributed by atoms with Gasteiger partial charge in [-0.3, -0.25) is 4.79 Å². The molecule has 0 saturated carbocycles. The van der Waals surface area contributed by atoms with E-state index in [-0.39, 0.29) is 5.83 Å². The molecule has 0 atom stereocenters. The lowest BCUT2D eigenvalue weighted by Crippen LogP contribution is -1.82. The number of carbonyl (C=O) groups excluding carboxylic acids is 1. The summed E-state index contributed by atoms with van der Waals surface area (Å²) in [5, 5.41) is 0. The van der Waals surface area contributed by atoms with Crippen molar-refractivity contribution in [2.75, 3.05) is 0 Å². The highest BCUT2D eigenvalue weighted by molar-refractivity contribution is 5.65.